The lowest BCUT2D eigenvalue weighted by molar-refractivity contribution is -0.139. The lowest BCUT2D eigenvalue weighted by atomic mass is 10.3. The van der Waals surface area contributed by atoms with Crippen LogP contribution in [0.25, 0.3) is 0 Å². The van der Waals surface area contributed by atoms with Gasteiger partial charge >= 0.3 is 6.18 Å². The van der Waals surface area contributed by atoms with E-state index in [1.807, 2.05) is 0 Å². The lowest BCUT2D eigenvalue weighted by Gasteiger charge is -2.13. The van der Waals surface area contributed by atoms with E-state index >= 15 is 0 Å². The summed E-state index contributed by atoms with van der Waals surface area (Å²) < 4.78 is 34.6. The maximum absolute atomic E-state index is 12.1. The van der Waals surface area contributed by atoms with Crippen molar-refractivity contribution in [1.29, 1.82) is 0 Å². The highest BCUT2D eigenvalue weighted by atomic mass is 32.1. The summed E-state index contributed by atoms with van der Waals surface area (Å²) in [6.45, 7) is 0. The SMILES string of the molecule is FC(F)(F)C1(S)CC12CC2. The summed E-state index contributed by atoms with van der Waals surface area (Å²) >= 11 is 3.66. The molecule has 4 heteroatoms. The predicted molar refractivity (Wildman–Crippen MR) is 34.1 cm³/mol. The van der Waals surface area contributed by atoms with Crippen molar-refractivity contribution in [3.63, 3.8) is 0 Å². The first-order valence-electron chi connectivity index (χ1n) is 3.20. The molecule has 1 atom stereocenters. The predicted octanol–water partition coefficient (Wildman–Crippen LogP) is 2.40. The zero-order valence-corrected chi connectivity index (χ0v) is 6.10. The summed E-state index contributed by atoms with van der Waals surface area (Å²) in [6.07, 6.45) is -2.41. The number of hydrogen-bond acceptors (Lipinski definition) is 1. The van der Waals surface area contributed by atoms with E-state index in [2.05, 4.69) is 12.6 Å². The van der Waals surface area contributed by atoms with Gasteiger partial charge < -0.3 is 0 Å². The minimum Gasteiger partial charge on any atom is -0.169 e. The van der Waals surface area contributed by atoms with Crippen LogP contribution >= 0.6 is 12.6 Å². The Kier molecular flexibility index (Phi) is 0.925. The van der Waals surface area contributed by atoms with Crippen molar-refractivity contribution in [3.05, 3.63) is 0 Å². The van der Waals surface area contributed by atoms with Gasteiger partial charge in [0, 0.05) is 0 Å². The summed E-state index contributed by atoms with van der Waals surface area (Å²) in [4.78, 5) is 0. The highest BCUT2D eigenvalue weighted by Crippen LogP contribution is 2.80. The first-order valence-corrected chi connectivity index (χ1v) is 3.65. The molecule has 2 aliphatic carbocycles. The topological polar surface area (TPSA) is 0 Å². The molecule has 1 unspecified atom stereocenters. The normalized spacial score (nSPS) is 42.0. The fourth-order valence-corrected chi connectivity index (χ4v) is 2.11. The molecule has 0 amide bonds. The number of hydrogen-bond donors (Lipinski definition) is 1. The molecule has 2 aliphatic rings. The van der Waals surface area contributed by atoms with Crippen LogP contribution in [0.3, 0.4) is 0 Å². The van der Waals surface area contributed by atoms with Crippen molar-refractivity contribution in [2.24, 2.45) is 5.41 Å². The average Bonchev–Trinajstić information content (AvgIpc) is 2.52. The summed E-state index contributed by atoms with van der Waals surface area (Å²) in [7, 11) is 0. The van der Waals surface area contributed by atoms with Crippen LogP contribution in [-0.4, -0.2) is 10.9 Å². The monoisotopic (exact) mass is 168 g/mol. The maximum Gasteiger partial charge on any atom is 0.403 e. The van der Waals surface area contributed by atoms with Crippen molar-refractivity contribution >= 4 is 12.6 Å². The zero-order valence-electron chi connectivity index (χ0n) is 5.20. The van der Waals surface area contributed by atoms with Crippen molar-refractivity contribution in [1.82, 2.24) is 0 Å². The van der Waals surface area contributed by atoms with E-state index in [9.17, 15) is 13.2 Å². The minimum atomic E-state index is -4.09. The Morgan fingerprint density at radius 2 is 1.70 bits per heavy atom. The molecular weight excluding hydrogens is 161 g/mol. The molecule has 2 saturated carbocycles. The molecule has 2 fully saturated rings. The van der Waals surface area contributed by atoms with E-state index in [-0.39, 0.29) is 6.42 Å². The van der Waals surface area contributed by atoms with Gasteiger partial charge in [-0.2, -0.15) is 25.8 Å². The third kappa shape index (κ3) is 0.563. The molecule has 0 nitrogen and oxygen atoms in total. The number of rotatable bonds is 0. The first-order chi connectivity index (χ1) is 4.41. The number of halogens is 3. The molecule has 1 spiro atoms. The van der Waals surface area contributed by atoms with Gasteiger partial charge in [-0.25, -0.2) is 0 Å². The molecule has 0 bridgehead atoms. The van der Waals surface area contributed by atoms with Crippen LogP contribution in [0.5, 0.6) is 0 Å². The van der Waals surface area contributed by atoms with Crippen LogP contribution in [0.2, 0.25) is 0 Å². The highest BCUT2D eigenvalue weighted by Gasteiger charge is 2.82. The van der Waals surface area contributed by atoms with Gasteiger partial charge in [0.1, 0.15) is 4.75 Å². The molecule has 2 rings (SSSR count). The summed E-state index contributed by atoms with van der Waals surface area (Å²) in [5, 5.41) is 0. The molecule has 0 N–H and O–H groups in total. The molecule has 0 aromatic rings. The quantitative estimate of drug-likeness (QED) is 0.527. The molecule has 0 aliphatic heterocycles. The smallest absolute Gasteiger partial charge is 0.169 e. The Hall–Kier alpha value is 0.140. The summed E-state index contributed by atoms with van der Waals surface area (Å²) in [6, 6.07) is 0. The Morgan fingerprint density at radius 3 is 1.80 bits per heavy atom. The van der Waals surface area contributed by atoms with Crippen LogP contribution in [0.4, 0.5) is 13.2 Å². The average molecular weight is 168 g/mol. The fraction of sp³-hybridized carbons (Fsp3) is 1.00. The second-order valence-electron chi connectivity index (χ2n) is 3.32. The van der Waals surface area contributed by atoms with Crippen LogP contribution in [0, 0.1) is 5.41 Å². The second-order valence-corrected chi connectivity index (χ2v) is 4.08. The van der Waals surface area contributed by atoms with Crippen molar-refractivity contribution in [2.75, 3.05) is 0 Å². The highest BCUT2D eigenvalue weighted by molar-refractivity contribution is 7.82. The van der Waals surface area contributed by atoms with Crippen LogP contribution in [0.15, 0.2) is 0 Å². The zero-order chi connectivity index (χ0) is 7.62. The van der Waals surface area contributed by atoms with E-state index in [1.165, 1.54) is 0 Å². The molecule has 0 saturated heterocycles. The first kappa shape index (κ1) is 6.83. The van der Waals surface area contributed by atoms with Gasteiger partial charge in [0.25, 0.3) is 0 Å². The Balaban J connectivity index is 2.20. The van der Waals surface area contributed by atoms with Gasteiger partial charge in [0.2, 0.25) is 0 Å². The van der Waals surface area contributed by atoms with Gasteiger partial charge in [0.05, 0.1) is 0 Å². The van der Waals surface area contributed by atoms with E-state index < -0.39 is 16.3 Å². The van der Waals surface area contributed by atoms with Gasteiger partial charge in [-0.05, 0) is 24.7 Å². The van der Waals surface area contributed by atoms with Gasteiger partial charge in [-0.1, -0.05) is 0 Å². The molecule has 0 aromatic heterocycles. The number of alkyl halides is 3. The van der Waals surface area contributed by atoms with Gasteiger partial charge in [-0.3, -0.25) is 0 Å². The molecule has 0 radical (unpaired) electrons. The molecule has 58 valence electrons. The number of thiol groups is 1. The van der Waals surface area contributed by atoms with Crippen LogP contribution < -0.4 is 0 Å². The summed E-state index contributed by atoms with van der Waals surface area (Å²) in [5.41, 5.74) is -0.422. The van der Waals surface area contributed by atoms with Gasteiger partial charge in [0.15, 0.2) is 0 Å². The lowest BCUT2D eigenvalue weighted by Crippen LogP contribution is -2.27. The van der Waals surface area contributed by atoms with Crippen molar-refractivity contribution in [2.45, 2.75) is 30.2 Å². The van der Waals surface area contributed by atoms with E-state index in [4.69, 9.17) is 0 Å². The van der Waals surface area contributed by atoms with E-state index in [1.54, 1.807) is 0 Å². The van der Waals surface area contributed by atoms with E-state index in [0.717, 1.165) is 12.8 Å². The second kappa shape index (κ2) is 1.36. The van der Waals surface area contributed by atoms with Crippen molar-refractivity contribution in [3.8, 4) is 0 Å². The standard InChI is InChI=1S/C6H7F3S/c7-6(8,9)5(10)3-4(5)1-2-4/h10H,1-3H2. The largest absolute Gasteiger partial charge is 0.403 e. The molecule has 10 heavy (non-hydrogen) atoms. The molecule has 0 heterocycles. The van der Waals surface area contributed by atoms with E-state index in [0.29, 0.717) is 0 Å². The Morgan fingerprint density at radius 1 is 1.20 bits per heavy atom. The molecule has 0 aromatic carbocycles. The van der Waals surface area contributed by atoms with Crippen LogP contribution in [0.1, 0.15) is 19.3 Å². The Labute approximate surface area is 62.2 Å². The minimum absolute atomic E-state index is 0.243. The van der Waals surface area contributed by atoms with Crippen LogP contribution in [-0.2, 0) is 0 Å². The summed E-state index contributed by atoms with van der Waals surface area (Å²) in [5.74, 6) is 0. The molecular formula is C6H7F3S. The fourth-order valence-electron chi connectivity index (χ4n) is 1.59. The Bertz CT molecular complexity index is 182. The maximum atomic E-state index is 12.1. The third-order valence-electron chi connectivity index (χ3n) is 2.67. The van der Waals surface area contributed by atoms with Crippen molar-refractivity contribution < 1.29 is 13.2 Å². The third-order valence-corrected chi connectivity index (χ3v) is 3.56. The van der Waals surface area contributed by atoms with Gasteiger partial charge in [-0.15, -0.1) is 0 Å².